The third-order valence-corrected chi connectivity index (χ3v) is 5.87. The van der Waals surface area contributed by atoms with Gasteiger partial charge in [0, 0.05) is 5.69 Å². The van der Waals surface area contributed by atoms with E-state index in [9.17, 15) is 13.2 Å². The van der Waals surface area contributed by atoms with E-state index in [0.29, 0.717) is 10.7 Å². The number of hydrogen-bond donors (Lipinski definition) is 1. The molecule has 0 fully saturated rings. The zero-order valence-electron chi connectivity index (χ0n) is 14.9. The van der Waals surface area contributed by atoms with Gasteiger partial charge in [-0.3, -0.25) is 9.10 Å². The molecule has 140 valence electrons. The molecule has 0 heterocycles. The van der Waals surface area contributed by atoms with Crippen LogP contribution < -0.4 is 9.62 Å². The summed E-state index contributed by atoms with van der Waals surface area (Å²) in [5.74, 6) is -0.451. The Morgan fingerprint density at radius 2 is 1.73 bits per heavy atom. The minimum atomic E-state index is -3.73. The fourth-order valence-corrected chi connectivity index (χ4v) is 4.08. The van der Waals surface area contributed by atoms with Crippen molar-refractivity contribution in [3.05, 3.63) is 57.6 Å². The number of hydrogen-bond acceptors (Lipinski definition) is 3. The summed E-state index contributed by atoms with van der Waals surface area (Å²) in [6.07, 6.45) is 1.04. The number of anilines is 2. The molecule has 2 rings (SSSR count). The number of sulfonamides is 1. The number of carbonyl (C=O) groups is 1. The van der Waals surface area contributed by atoms with E-state index in [-0.39, 0.29) is 10.7 Å². The molecule has 0 saturated carbocycles. The highest BCUT2D eigenvalue weighted by Crippen LogP contribution is 2.30. The van der Waals surface area contributed by atoms with Crippen LogP contribution >= 0.6 is 23.2 Å². The lowest BCUT2D eigenvalue weighted by Crippen LogP contribution is -2.45. The smallest absolute Gasteiger partial charge is 0.248 e. The molecule has 2 aromatic rings. The molecule has 0 aliphatic carbocycles. The Bertz CT molecular complexity index is 945. The second-order valence-corrected chi connectivity index (χ2v) is 8.81. The average Bonchev–Trinajstić information content (AvgIpc) is 2.52. The van der Waals surface area contributed by atoms with Crippen LogP contribution in [0, 0.1) is 13.8 Å². The molecule has 2 aromatic carbocycles. The van der Waals surface area contributed by atoms with Crippen LogP contribution in [0.5, 0.6) is 0 Å². The Morgan fingerprint density at radius 3 is 2.27 bits per heavy atom. The summed E-state index contributed by atoms with van der Waals surface area (Å²) < 4.78 is 25.6. The summed E-state index contributed by atoms with van der Waals surface area (Å²) in [4.78, 5) is 12.7. The molecule has 0 unspecified atom stereocenters. The summed E-state index contributed by atoms with van der Waals surface area (Å²) in [5.41, 5.74) is 2.87. The summed E-state index contributed by atoms with van der Waals surface area (Å²) in [5, 5.41) is 3.29. The molecule has 5 nitrogen and oxygen atoms in total. The fraction of sp³-hybridized carbons (Fsp3) is 0.278. The summed E-state index contributed by atoms with van der Waals surface area (Å²) >= 11 is 11.9. The minimum absolute atomic E-state index is 0.208. The van der Waals surface area contributed by atoms with Crippen LogP contribution in [0.15, 0.2) is 36.4 Å². The first kappa shape index (κ1) is 20.6. The highest BCUT2D eigenvalue weighted by Gasteiger charge is 2.29. The zero-order valence-corrected chi connectivity index (χ0v) is 17.2. The fourth-order valence-electron chi connectivity index (χ4n) is 2.62. The molecule has 0 aliphatic heterocycles. The van der Waals surface area contributed by atoms with Crippen LogP contribution in [-0.4, -0.2) is 26.6 Å². The van der Waals surface area contributed by atoms with Crippen LogP contribution in [-0.2, 0) is 14.8 Å². The van der Waals surface area contributed by atoms with Crippen molar-refractivity contribution >= 4 is 50.5 Å². The maximum absolute atomic E-state index is 12.7. The third kappa shape index (κ3) is 4.69. The van der Waals surface area contributed by atoms with Crippen molar-refractivity contribution in [1.82, 2.24) is 0 Å². The number of amides is 1. The first-order chi connectivity index (χ1) is 12.0. The van der Waals surface area contributed by atoms with Gasteiger partial charge in [-0.15, -0.1) is 0 Å². The first-order valence-electron chi connectivity index (χ1n) is 7.83. The number of aryl methyl sites for hydroxylation is 2. The number of nitrogens with zero attached hydrogens (tertiary/aromatic N) is 1. The number of rotatable bonds is 5. The molecular weight excluding hydrogens is 395 g/mol. The van der Waals surface area contributed by atoms with Crippen molar-refractivity contribution in [2.75, 3.05) is 15.9 Å². The molecule has 0 saturated heterocycles. The van der Waals surface area contributed by atoms with Gasteiger partial charge in [0.1, 0.15) is 6.04 Å². The normalized spacial score (nSPS) is 12.5. The second kappa shape index (κ2) is 7.86. The van der Waals surface area contributed by atoms with Crippen molar-refractivity contribution in [2.24, 2.45) is 0 Å². The molecule has 1 atom stereocenters. The van der Waals surface area contributed by atoms with Gasteiger partial charge in [0.25, 0.3) is 0 Å². The quantitative estimate of drug-likeness (QED) is 0.787. The first-order valence-corrected chi connectivity index (χ1v) is 10.4. The topological polar surface area (TPSA) is 66.5 Å². The SMILES string of the molecule is Cc1ccc(NC(=O)[C@@H](C)N(c2ccc(Cl)c(Cl)c2)S(C)(=O)=O)c(C)c1. The number of halogens is 2. The van der Waals surface area contributed by atoms with Crippen molar-refractivity contribution in [1.29, 1.82) is 0 Å². The highest BCUT2D eigenvalue weighted by atomic mass is 35.5. The van der Waals surface area contributed by atoms with Crippen molar-refractivity contribution in [3.63, 3.8) is 0 Å². The van der Waals surface area contributed by atoms with E-state index in [2.05, 4.69) is 5.32 Å². The van der Waals surface area contributed by atoms with E-state index in [1.807, 2.05) is 26.0 Å². The van der Waals surface area contributed by atoms with E-state index < -0.39 is 22.0 Å². The van der Waals surface area contributed by atoms with E-state index >= 15 is 0 Å². The third-order valence-electron chi connectivity index (χ3n) is 3.89. The predicted molar refractivity (Wildman–Crippen MR) is 108 cm³/mol. The van der Waals surface area contributed by atoms with Gasteiger partial charge in [-0.1, -0.05) is 40.9 Å². The van der Waals surface area contributed by atoms with Gasteiger partial charge in [-0.05, 0) is 50.6 Å². The minimum Gasteiger partial charge on any atom is -0.324 e. The molecule has 1 N–H and O–H groups in total. The van der Waals surface area contributed by atoms with Crippen LogP contribution in [0.1, 0.15) is 18.1 Å². The molecule has 8 heteroatoms. The van der Waals surface area contributed by atoms with E-state index in [4.69, 9.17) is 23.2 Å². The molecule has 0 aromatic heterocycles. The summed E-state index contributed by atoms with van der Waals surface area (Å²) in [7, 11) is -3.73. The van der Waals surface area contributed by atoms with Gasteiger partial charge in [0.15, 0.2) is 0 Å². The Kier molecular flexibility index (Phi) is 6.21. The van der Waals surface area contributed by atoms with Gasteiger partial charge >= 0.3 is 0 Å². The predicted octanol–water partition coefficient (Wildman–Crippen LogP) is 4.40. The lowest BCUT2D eigenvalue weighted by molar-refractivity contribution is -0.116. The van der Waals surface area contributed by atoms with Gasteiger partial charge in [0.05, 0.1) is 22.0 Å². The molecule has 0 spiro atoms. The standard InChI is InChI=1S/C18H20Cl2N2O3S/c1-11-5-8-17(12(2)9-11)21-18(23)13(3)22(26(4,24)25)14-6-7-15(19)16(20)10-14/h5-10,13H,1-4H3,(H,21,23)/t13-/m1/s1. The summed E-state index contributed by atoms with van der Waals surface area (Å²) in [6.45, 7) is 5.35. The van der Waals surface area contributed by atoms with Gasteiger partial charge in [-0.25, -0.2) is 8.42 Å². The van der Waals surface area contributed by atoms with E-state index in [1.165, 1.54) is 25.1 Å². The van der Waals surface area contributed by atoms with Crippen LogP contribution in [0.3, 0.4) is 0 Å². The van der Waals surface area contributed by atoms with Gasteiger partial charge in [0.2, 0.25) is 15.9 Å². The van der Waals surface area contributed by atoms with Crippen molar-refractivity contribution < 1.29 is 13.2 Å². The monoisotopic (exact) mass is 414 g/mol. The van der Waals surface area contributed by atoms with Crippen molar-refractivity contribution in [2.45, 2.75) is 26.8 Å². The van der Waals surface area contributed by atoms with Crippen LogP contribution in [0.4, 0.5) is 11.4 Å². The van der Waals surface area contributed by atoms with Crippen molar-refractivity contribution in [3.8, 4) is 0 Å². The largest absolute Gasteiger partial charge is 0.324 e. The average molecular weight is 415 g/mol. The lowest BCUT2D eigenvalue weighted by atomic mass is 10.1. The Balaban J connectivity index is 2.35. The molecule has 0 aliphatic rings. The summed E-state index contributed by atoms with van der Waals surface area (Å²) in [6, 6.07) is 9.05. The number of nitrogens with one attached hydrogen (secondary N) is 1. The second-order valence-electron chi connectivity index (χ2n) is 6.14. The number of benzene rings is 2. The number of carbonyl (C=O) groups excluding carboxylic acids is 1. The molecule has 26 heavy (non-hydrogen) atoms. The maximum atomic E-state index is 12.7. The molecule has 0 bridgehead atoms. The molecule has 0 radical (unpaired) electrons. The van der Waals surface area contributed by atoms with Crippen LogP contribution in [0.25, 0.3) is 0 Å². The lowest BCUT2D eigenvalue weighted by Gasteiger charge is -2.28. The Labute approximate surface area is 164 Å². The zero-order chi connectivity index (χ0) is 19.6. The highest BCUT2D eigenvalue weighted by molar-refractivity contribution is 7.92. The van der Waals surface area contributed by atoms with E-state index in [1.54, 1.807) is 6.07 Å². The van der Waals surface area contributed by atoms with Crippen LogP contribution in [0.2, 0.25) is 10.0 Å². The molecule has 1 amide bonds. The van der Waals surface area contributed by atoms with Gasteiger partial charge in [-0.2, -0.15) is 0 Å². The maximum Gasteiger partial charge on any atom is 0.248 e. The Hall–Kier alpha value is -1.76. The Morgan fingerprint density at radius 1 is 1.08 bits per heavy atom. The van der Waals surface area contributed by atoms with Gasteiger partial charge < -0.3 is 5.32 Å². The molecular formula is C18H20Cl2N2O3S. The van der Waals surface area contributed by atoms with E-state index in [0.717, 1.165) is 21.7 Å².